The monoisotopic (exact) mass is 244 g/mol. The van der Waals surface area contributed by atoms with Gasteiger partial charge < -0.3 is 9.47 Å². The summed E-state index contributed by atoms with van der Waals surface area (Å²) in [7, 11) is 0. The zero-order valence-electron chi connectivity index (χ0n) is 10.4. The standard InChI is InChI=1S/C15H18NO2/c1-2-6-13(7-3-1)15(16-8-4-5-9-16)14-12-17-10-11-18-14/h1-2,4,6,10-12,15H,3,5,7-9H2. The quantitative estimate of drug-likeness (QED) is 0.762. The van der Waals surface area contributed by atoms with E-state index >= 15 is 0 Å². The highest BCUT2D eigenvalue weighted by atomic mass is 16.5. The summed E-state index contributed by atoms with van der Waals surface area (Å²) < 4.78 is 10.9. The molecule has 95 valence electrons. The zero-order valence-corrected chi connectivity index (χ0v) is 10.4. The second kappa shape index (κ2) is 5.44. The molecule has 1 unspecified atom stereocenters. The third-order valence-corrected chi connectivity index (χ3v) is 3.54. The van der Waals surface area contributed by atoms with Crippen molar-refractivity contribution in [3.05, 3.63) is 54.8 Å². The van der Waals surface area contributed by atoms with Gasteiger partial charge in [0.15, 0.2) is 5.76 Å². The van der Waals surface area contributed by atoms with Crippen molar-refractivity contribution in [2.24, 2.45) is 0 Å². The van der Waals surface area contributed by atoms with Gasteiger partial charge in [-0.3, -0.25) is 4.90 Å². The molecular formula is C15H18NO2. The van der Waals surface area contributed by atoms with Crippen molar-refractivity contribution in [3.8, 4) is 0 Å². The molecular weight excluding hydrogens is 226 g/mol. The number of hydrogen-bond acceptors (Lipinski definition) is 3. The Morgan fingerprint density at radius 1 is 1.22 bits per heavy atom. The van der Waals surface area contributed by atoms with E-state index in [9.17, 15) is 0 Å². The highest BCUT2D eigenvalue weighted by Crippen LogP contribution is 2.29. The van der Waals surface area contributed by atoms with Crippen molar-refractivity contribution >= 4 is 0 Å². The molecule has 0 bridgehead atoms. The average molecular weight is 244 g/mol. The van der Waals surface area contributed by atoms with E-state index in [4.69, 9.17) is 9.47 Å². The molecule has 1 fully saturated rings. The Kier molecular flexibility index (Phi) is 3.51. The summed E-state index contributed by atoms with van der Waals surface area (Å²) in [5, 5.41) is 0. The maximum Gasteiger partial charge on any atom is 0.160 e. The average Bonchev–Trinajstić information content (AvgIpc) is 2.95. The predicted octanol–water partition coefficient (Wildman–Crippen LogP) is 2.90. The highest BCUT2D eigenvalue weighted by molar-refractivity contribution is 5.30. The topological polar surface area (TPSA) is 21.7 Å². The molecule has 0 spiro atoms. The lowest BCUT2D eigenvalue weighted by Gasteiger charge is -2.31. The number of hydrogen-bond donors (Lipinski definition) is 0. The third kappa shape index (κ3) is 2.36. The lowest BCUT2D eigenvalue weighted by Crippen LogP contribution is -2.37. The van der Waals surface area contributed by atoms with Crippen LogP contribution in [0.5, 0.6) is 0 Å². The molecule has 1 saturated heterocycles. The predicted molar refractivity (Wildman–Crippen MR) is 70.1 cm³/mol. The van der Waals surface area contributed by atoms with Crippen molar-refractivity contribution in [2.45, 2.75) is 25.3 Å². The van der Waals surface area contributed by atoms with E-state index in [0.29, 0.717) is 0 Å². The minimum atomic E-state index is 0.221. The molecule has 0 N–H and O–H groups in total. The number of likely N-dealkylation sites (tertiary alicyclic amines) is 1. The molecule has 0 amide bonds. The first-order chi connectivity index (χ1) is 8.95. The van der Waals surface area contributed by atoms with Crippen LogP contribution in [0.3, 0.4) is 0 Å². The van der Waals surface area contributed by atoms with Crippen LogP contribution < -0.4 is 0 Å². The van der Waals surface area contributed by atoms with Crippen LogP contribution in [0.25, 0.3) is 0 Å². The Hall–Kier alpha value is -1.48. The summed E-state index contributed by atoms with van der Waals surface area (Å²) in [5.74, 6) is 0.898. The molecule has 18 heavy (non-hydrogen) atoms. The molecule has 1 atom stereocenters. The van der Waals surface area contributed by atoms with Gasteiger partial charge in [0.1, 0.15) is 18.8 Å². The molecule has 0 aromatic rings. The number of nitrogens with zero attached hydrogens (tertiary/aromatic N) is 1. The lowest BCUT2D eigenvalue weighted by atomic mass is 9.95. The van der Waals surface area contributed by atoms with Gasteiger partial charge in [-0.2, -0.15) is 0 Å². The van der Waals surface area contributed by atoms with Gasteiger partial charge in [0, 0.05) is 6.54 Å². The molecule has 0 aromatic heterocycles. The van der Waals surface area contributed by atoms with Gasteiger partial charge in [-0.25, -0.2) is 0 Å². The molecule has 0 saturated carbocycles. The first-order valence-electron chi connectivity index (χ1n) is 6.53. The Balaban J connectivity index is 1.84. The van der Waals surface area contributed by atoms with Gasteiger partial charge in [0.2, 0.25) is 0 Å². The first kappa shape index (κ1) is 11.6. The smallest absolute Gasteiger partial charge is 0.160 e. The van der Waals surface area contributed by atoms with Crippen LogP contribution in [0, 0.1) is 6.42 Å². The van der Waals surface area contributed by atoms with Crippen LogP contribution in [0.15, 0.2) is 48.3 Å². The molecule has 2 heterocycles. The Bertz CT molecular complexity index is 414. The van der Waals surface area contributed by atoms with Crippen LogP contribution in [0.4, 0.5) is 0 Å². The lowest BCUT2D eigenvalue weighted by molar-refractivity contribution is 0.181. The Labute approximate surface area is 108 Å². The molecule has 1 aliphatic carbocycles. The summed E-state index contributed by atoms with van der Waals surface area (Å²) >= 11 is 0. The van der Waals surface area contributed by atoms with Gasteiger partial charge in [-0.15, -0.1) is 0 Å². The largest absolute Gasteiger partial charge is 0.466 e. The molecule has 3 aliphatic rings. The normalized spacial score (nSPS) is 25.1. The van der Waals surface area contributed by atoms with Crippen LogP contribution in [-0.2, 0) is 9.47 Å². The van der Waals surface area contributed by atoms with E-state index in [1.165, 1.54) is 5.57 Å². The van der Waals surface area contributed by atoms with Crippen LogP contribution in [0.1, 0.15) is 19.3 Å². The van der Waals surface area contributed by atoms with Crippen LogP contribution in [0.2, 0.25) is 0 Å². The number of ether oxygens (including phenoxy) is 2. The van der Waals surface area contributed by atoms with Crippen molar-refractivity contribution in [3.63, 3.8) is 0 Å². The Morgan fingerprint density at radius 3 is 2.89 bits per heavy atom. The second-order valence-electron chi connectivity index (χ2n) is 4.73. The summed E-state index contributed by atoms with van der Waals surface area (Å²) in [6.07, 6.45) is 17.2. The first-order valence-corrected chi connectivity index (χ1v) is 6.53. The van der Waals surface area contributed by atoms with E-state index in [1.807, 2.05) is 0 Å². The Morgan fingerprint density at radius 2 is 2.22 bits per heavy atom. The fourth-order valence-electron chi connectivity index (χ4n) is 2.69. The molecule has 1 radical (unpaired) electrons. The number of allylic oxidation sites excluding steroid dienone is 3. The van der Waals surface area contributed by atoms with Gasteiger partial charge in [-0.1, -0.05) is 18.2 Å². The fraction of sp³-hybridized carbons (Fsp3) is 0.400. The molecule has 0 aromatic carbocycles. The maximum atomic E-state index is 5.64. The summed E-state index contributed by atoms with van der Waals surface area (Å²) in [5.41, 5.74) is 1.41. The number of rotatable bonds is 3. The highest BCUT2D eigenvalue weighted by Gasteiger charge is 2.30. The fourth-order valence-corrected chi connectivity index (χ4v) is 2.69. The van der Waals surface area contributed by atoms with E-state index in [-0.39, 0.29) is 6.04 Å². The van der Waals surface area contributed by atoms with Crippen molar-refractivity contribution in [1.82, 2.24) is 4.90 Å². The summed E-state index contributed by atoms with van der Waals surface area (Å²) in [6.45, 7) is 2.12. The summed E-state index contributed by atoms with van der Waals surface area (Å²) in [4.78, 5) is 2.44. The molecule has 3 nitrogen and oxygen atoms in total. The van der Waals surface area contributed by atoms with E-state index < -0.39 is 0 Å². The minimum absolute atomic E-state index is 0.221. The van der Waals surface area contributed by atoms with Crippen molar-refractivity contribution < 1.29 is 9.47 Å². The van der Waals surface area contributed by atoms with Crippen molar-refractivity contribution in [1.29, 1.82) is 0 Å². The molecule has 2 aliphatic heterocycles. The minimum Gasteiger partial charge on any atom is -0.466 e. The second-order valence-corrected chi connectivity index (χ2v) is 4.73. The maximum absolute atomic E-state index is 5.64. The van der Waals surface area contributed by atoms with E-state index in [1.54, 1.807) is 18.8 Å². The molecule has 3 rings (SSSR count). The third-order valence-electron chi connectivity index (χ3n) is 3.54. The van der Waals surface area contributed by atoms with Gasteiger partial charge >= 0.3 is 0 Å². The zero-order chi connectivity index (χ0) is 12.2. The van der Waals surface area contributed by atoms with E-state index in [0.717, 1.165) is 38.1 Å². The van der Waals surface area contributed by atoms with E-state index in [2.05, 4.69) is 29.5 Å². The van der Waals surface area contributed by atoms with Gasteiger partial charge in [-0.05, 0) is 37.8 Å². The SMILES string of the molecule is [CH]1CCN(C(C2=CC=CCC2)C2=COC=CO2)C1. The summed E-state index contributed by atoms with van der Waals surface area (Å²) in [6, 6.07) is 0.221. The van der Waals surface area contributed by atoms with Gasteiger partial charge in [0.25, 0.3) is 0 Å². The van der Waals surface area contributed by atoms with Crippen LogP contribution in [-0.4, -0.2) is 24.0 Å². The van der Waals surface area contributed by atoms with Crippen molar-refractivity contribution in [2.75, 3.05) is 13.1 Å². The van der Waals surface area contributed by atoms with Gasteiger partial charge in [0.05, 0.1) is 6.04 Å². The molecule has 3 heteroatoms. The van der Waals surface area contributed by atoms with Crippen LogP contribution >= 0.6 is 0 Å².